The Bertz CT molecular complexity index is 921. The number of nitrogens with one attached hydrogen (secondary N) is 2. The molecule has 26 heavy (non-hydrogen) atoms. The number of urea groups is 1. The lowest BCUT2D eigenvalue weighted by atomic mass is 10.1. The number of methoxy groups -OCH3 is 1. The molecule has 5 nitrogen and oxygen atoms in total. The van der Waals surface area contributed by atoms with E-state index in [1.165, 1.54) is 5.56 Å². The van der Waals surface area contributed by atoms with Gasteiger partial charge >= 0.3 is 6.03 Å². The smallest absolute Gasteiger partial charge is 0.323 e. The fraction of sp³-hybridized carbons (Fsp3) is 0.286. The lowest BCUT2D eigenvalue weighted by molar-refractivity contribution is 0.188. The quantitative estimate of drug-likeness (QED) is 0.690. The SMILES string of the molecule is COCCn1cc(NC(=O)Nc2c(C)cc(C)cc2C)c2ccccc21. The average Bonchev–Trinajstić information content (AvgIpc) is 2.94. The molecule has 5 heteroatoms. The van der Waals surface area contributed by atoms with Gasteiger partial charge in [0.1, 0.15) is 0 Å². The van der Waals surface area contributed by atoms with Crippen molar-refractivity contribution in [3.05, 3.63) is 59.3 Å². The van der Waals surface area contributed by atoms with Gasteiger partial charge in [0.25, 0.3) is 0 Å². The van der Waals surface area contributed by atoms with Crippen LogP contribution < -0.4 is 10.6 Å². The molecule has 0 atom stereocenters. The predicted molar refractivity (Wildman–Crippen MR) is 107 cm³/mol. The van der Waals surface area contributed by atoms with Gasteiger partial charge in [0, 0.05) is 30.9 Å². The highest BCUT2D eigenvalue weighted by atomic mass is 16.5. The molecule has 2 aromatic carbocycles. The highest BCUT2D eigenvalue weighted by Crippen LogP contribution is 2.27. The summed E-state index contributed by atoms with van der Waals surface area (Å²) in [6, 6.07) is 11.9. The van der Waals surface area contributed by atoms with Gasteiger partial charge in [-0.2, -0.15) is 0 Å². The summed E-state index contributed by atoms with van der Waals surface area (Å²) >= 11 is 0. The fourth-order valence-corrected chi connectivity index (χ4v) is 3.37. The summed E-state index contributed by atoms with van der Waals surface area (Å²) in [6.45, 7) is 7.42. The van der Waals surface area contributed by atoms with Crippen LogP contribution in [0.5, 0.6) is 0 Å². The van der Waals surface area contributed by atoms with Gasteiger partial charge in [-0.25, -0.2) is 4.79 Å². The van der Waals surface area contributed by atoms with Gasteiger partial charge < -0.3 is 19.9 Å². The van der Waals surface area contributed by atoms with Crippen LogP contribution in [0.3, 0.4) is 0 Å². The maximum Gasteiger partial charge on any atom is 0.323 e. The third-order valence-corrected chi connectivity index (χ3v) is 4.49. The number of fused-ring (bicyclic) bond motifs is 1. The van der Waals surface area contributed by atoms with E-state index < -0.39 is 0 Å². The van der Waals surface area contributed by atoms with Crippen LogP contribution in [0.2, 0.25) is 0 Å². The van der Waals surface area contributed by atoms with E-state index in [1.807, 2.05) is 44.3 Å². The van der Waals surface area contributed by atoms with Gasteiger partial charge in [-0.15, -0.1) is 0 Å². The number of carbonyl (C=O) groups excluding carboxylic acids is 1. The Kier molecular flexibility index (Phi) is 5.28. The van der Waals surface area contributed by atoms with Crippen LogP contribution >= 0.6 is 0 Å². The number of rotatable bonds is 5. The summed E-state index contributed by atoms with van der Waals surface area (Å²) in [5.74, 6) is 0. The Morgan fingerprint density at radius 1 is 1.08 bits per heavy atom. The topological polar surface area (TPSA) is 55.3 Å². The highest BCUT2D eigenvalue weighted by molar-refractivity contribution is 6.06. The highest BCUT2D eigenvalue weighted by Gasteiger charge is 2.12. The molecule has 0 saturated carbocycles. The second-order valence-corrected chi connectivity index (χ2v) is 6.60. The molecule has 0 saturated heterocycles. The molecule has 0 aliphatic heterocycles. The van der Waals surface area contributed by atoms with Gasteiger partial charge in [-0.05, 0) is 38.0 Å². The molecule has 0 spiro atoms. The average molecular weight is 351 g/mol. The number of aromatic nitrogens is 1. The molecule has 0 bridgehead atoms. The van der Waals surface area contributed by atoms with Gasteiger partial charge in [0.15, 0.2) is 0 Å². The first-order valence-corrected chi connectivity index (χ1v) is 8.72. The summed E-state index contributed by atoms with van der Waals surface area (Å²) in [4.78, 5) is 12.6. The lowest BCUT2D eigenvalue weighted by Crippen LogP contribution is -2.20. The van der Waals surface area contributed by atoms with Crippen LogP contribution in [0, 0.1) is 20.8 Å². The van der Waals surface area contributed by atoms with Crippen LogP contribution in [0.15, 0.2) is 42.6 Å². The van der Waals surface area contributed by atoms with E-state index in [-0.39, 0.29) is 6.03 Å². The van der Waals surface area contributed by atoms with Crippen LogP contribution in [0.25, 0.3) is 10.9 Å². The van der Waals surface area contributed by atoms with Gasteiger partial charge in [-0.3, -0.25) is 0 Å². The third kappa shape index (κ3) is 3.73. The van der Waals surface area contributed by atoms with Crippen LogP contribution in [0.4, 0.5) is 16.2 Å². The number of anilines is 2. The summed E-state index contributed by atoms with van der Waals surface area (Å²) in [5, 5.41) is 6.99. The van der Waals surface area contributed by atoms with E-state index in [2.05, 4.69) is 34.3 Å². The number of benzene rings is 2. The molecule has 0 radical (unpaired) electrons. The van der Waals surface area contributed by atoms with Crippen molar-refractivity contribution in [2.24, 2.45) is 0 Å². The van der Waals surface area contributed by atoms with Crippen LogP contribution in [-0.4, -0.2) is 24.3 Å². The van der Waals surface area contributed by atoms with E-state index in [0.29, 0.717) is 6.61 Å². The standard InChI is InChI=1S/C21H25N3O2/c1-14-11-15(2)20(16(3)12-14)23-21(25)22-18-13-24(9-10-26-4)19-8-6-5-7-17(18)19/h5-8,11-13H,9-10H2,1-4H3,(H2,22,23,25). The summed E-state index contributed by atoms with van der Waals surface area (Å²) < 4.78 is 7.27. The molecular weight excluding hydrogens is 326 g/mol. The second kappa shape index (κ2) is 7.62. The molecular formula is C21H25N3O2. The maximum atomic E-state index is 12.6. The molecule has 0 unspecified atom stereocenters. The Hall–Kier alpha value is -2.79. The van der Waals surface area contributed by atoms with Crippen molar-refractivity contribution in [3.63, 3.8) is 0 Å². The minimum atomic E-state index is -0.241. The van der Waals surface area contributed by atoms with E-state index in [1.54, 1.807) is 7.11 Å². The van der Waals surface area contributed by atoms with Crippen molar-refractivity contribution in [2.45, 2.75) is 27.3 Å². The van der Waals surface area contributed by atoms with Crippen molar-refractivity contribution < 1.29 is 9.53 Å². The molecule has 2 amide bonds. The zero-order valence-electron chi connectivity index (χ0n) is 15.7. The van der Waals surface area contributed by atoms with Crippen LogP contribution in [-0.2, 0) is 11.3 Å². The largest absolute Gasteiger partial charge is 0.383 e. The van der Waals surface area contributed by atoms with E-state index in [9.17, 15) is 4.79 Å². The molecule has 2 N–H and O–H groups in total. The Morgan fingerprint density at radius 2 is 1.77 bits per heavy atom. The first kappa shape index (κ1) is 18.0. The molecule has 3 aromatic rings. The minimum Gasteiger partial charge on any atom is -0.383 e. The Labute approximate surface area is 154 Å². The van der Waals surface area contributed by atoms with Gasteiger partial charge in [0.2, 0.25) is 0 Å². The van der Waals surface area contributed by atoms with Gasteiger partial charge in [-0.1, -0.05) is 35.9 Å². The maximum absolute atomic E-state index is 12.6. The summed E-state index contributed by atoms with van der Waals surface area (Å²) in [6.07, 6.45) is 1.96. The molecule has 1 aromatic heterocycles. The molecule has 1 heterocycles. The number of para-hydroxylation sites is 1. The first-order chi connectivity index (χ1) is 12.5. The number of nitrogens with zero attached hydrogens (tertiary/aromatic N) is 1. The van der Waals surface area contributed by atoms with Crippen molar-refractivity contribution in [2.75, 3.05) is 24.4 Å². The number of hydrogen-bond donors (Lipinski definition) is 2. The van der Waals surface area contributed by atoms with E-state index in [0.717, 1.165) is 39.9 Å². The number of ether oxygens (including phenoxy) is 1. The fourth-order valence-electron chi connectivity index (χ4n) is 3.37. The zero-order valence-corrected chi connectivity index (χ0v) is 15.7. The number of carbonyl (C=O) groups is 1. The van der Waals surface area contributed by atoms with E-state index >= 15 is 0 Å². The van der Waals surface area contributed by atoms with Crippen LogP contribution in [0.1, 0.15) is 16.7 Å². The Balaban J connectivity index is 1.84. The summed E-state index contributed by atoms with van der Waals surface area (Å²) in [7, 11) is 1.69. The third-order valence-electron chi connectivity index (χ3n) is 4.49. The van der Waals surface area contributed by atoms with E-state index in [4.69, 9.17) is 4.74 Å². The normalized spacial score (nSPS) is 10.9. The molecule has 3 rings (SSSR count). The number of hydrogen-bond acceptors (Lipinski definition) is 2. The molecule has 0 aliphatic carbocycles. The zero-order chi connectivity index (χ0) is 18.7. The molecule has 0 fully saturated rings. The first-order valence-electron chi connectivity index (χ1n) is 8.72. The molecule has 136 valence electrons. The van der Waals surface area contributed by atoms with Crippen molar-refractivity contribution in [3.8, 4) is 0 Å². The lowest BCUT2D eigenvalue weighted by Gasteiger charge is -2.13. The monoisotopic (exact) mass is 351 g/mol. The van der Waals surface area contributed by atoms with Crippen molar-refractivity contribution in [1.82, 2.24) is 4.57 Å². The minimum absolute atomic E-state index is 0.241. The number of aryl methyl sites for hydroxylation is 3. The van der Waals surface area contributed by atoms with Crippen molar-refractivity contribution in [1.29, 1.82) is 0 Å². The Morgan fingerprint density at radius 3 is 2.46 bits per heavy atom. The summed E-state index contributed by atoms with van der Waals surface area (Å²) in [5.41, 5.74) is 6.02. The van der Waals surface area contributed by atoms with Crippen molar-refractivity contribution >= 4 is 28.3 Å². The molecule has 0 aliphatic rings. The number of amides is 2. The van der Waals surface area contributed by atoms with Gasteiger partial charge in [0.05, 0.1) is 17.8 Å². The predicted octanol–water partition coefficient (Wildman–Crippen LogP) is 4.86. The second-order valence-electron chi connectivity index (χ2n) is 6.60.